The number of hydrogen-bond donors (Lipinski definition) is 0. The molecule has 1 unspecified atom stereocenters. The highest BCUT2D eigenvalue weighted by molar-refractivity contribution is 9.10. The molecule has 3 nitrogen and oxygen atoms in total. The van der Waals surface area contributed by atoms with Crippen LogP contribution in [0.3, 0.4) is 0 Å². The number of carbonyl (C=O) groups excluding carboxylic acids is 1. The van der Waals surface area contributed by atoms with E-state index in [-0.39, 0.29) is 5.78 Å². The summed E-state index contributed by atoms with van der Waals surface area (Å²) in [6, 6.07) is 7.59. The normalized spacial score (nSPS) is 20.0. The van der Waals surface area contributed by atoms with Gasteiger partial charge in [-0.15, -0.1) is 0 Å². The van der Waals surface area contributed by atoms with Crippen molar-refractivity contribution in [2.45, 2.75) is 32.3 Å². The van der Waals surface area contributed by atoms with E-state index in [4.69, 9.17) is 4.74 Å². The summed E-state index contributed by atoms with van der Waals surface area (Å²) in [6.45, 7) is 5.68. The van der Waals surface area contributed by atoms with Gasteiger partial charge in [0.15, 0.2) is 5.78 Å². The van der Waals surface area contributed by atoms with Crippen molar-refractivity contribution >= 4 is 21.7 Å². The topological polar surface area (TPSA) is 29.5 Å². The van der Waals surface area contributed by atoms with Crippen molar-refractivity contribution in [3.8, 4) is 0 Å². The fraction of sp³-hybridized carbons (Fsp3) is 0.562. The molecule has 20 heavy (non-hydrogen) atoms. The van der Waals surface area contributed by atoms with Crippen LogP contribution in [-0.4, -0.2) is 43.0 Å². The summed E-state index contributed by atoms with van der Waals surface area (Å²) < 4.78 is 6.69. The molecule has 1 aromatic carbocycles. The van der Waals surface area contributed by atoms with E-state index in [0.717, 1.165) is 49.1 Å². The highest BCUT2D eigenvalue weighted by Crippen LogP contribution is 2.15. The van der Waals surface area contributed by atoms with E-state index < -0.39 is 0 Å². The average molecular weight is 340 g/mol. The van der Waals surface area contributed by atoms with E-state index in [9.17, 15) is 4.79 Å². The van der Waals surface area contributed by atoms with Crippen molar-refractivity contribution in [2.75, 3.05) is 26.2 Å². The molecule has 2 rings (SSSR count). The largest absolute Gasteiger partial charge is 0.377 e. The van der Waals surface area contributed by atoms with Crippen LogP contribution in [0.2, 0.25) is 0 Å². The zero-order valence-corrected chi connectivity index (χ0v) is 13.6. The van der Waals surface area contributed by atoms with Crippen molar-refractivity contribution in [3.05, 3.63) is 34.3 Å². The number of carbonyl (C=O) groups is 1. The fourth-order valence-electron chi connectivity index (χ4n) is 2.63. The molecule has 1 aliphatic heterocycles. The molecular weight excluding hydrogens is 318 g/mol. The lowest BCUT2D eigenvalue weighted by Gasteiger charge is -2.32. The van der Waals surface area contributed by atoms with E-state index in [1.165, 1.54) is 0 Å². The van der Waals surface area contributed by atoms with Gasteiger partial charge in [-0.25, -0.2) is 0 Å². The molecule has 0 saturated carbocycles. The summed E-state index contributed by atoms with van der Waals surface area (Å²) in [7, 11) is 0. The van der Waals surface area contributed by atoms with Gasteiger partial charge in [-0.1, -0.05) is 28.1 Å². The monoisotopic (exact) mass is 339 g/mol. The smallest absolute Gasteiger partial charge is 0.164 e. The number of piperidine rings is 1. The van der Waals surface area contributed by atoms with Crippen molar-refractivity contribution < 1.29 is 9.53 Å². The first kappa shape index (κ1) is 15.7. The van der Waals surface area contributed by atoms with E-state index in [0.29, 0.717) is 12.5 Å². The van der Waals surface area contributed by atoms with Gasteiger partial charge in [-0.2, -0.15) is 0 Å². The maximum Gasteiger partial charge on any atom is 0.164 e. The third kappa shape index (κ3) is 4.69. The van der Waals surface area contributed by atoms with Crippen molar-refractivity contribution in [1.82, 2.24) is 4.90 Å². The Bertz CT molecular complexity index is 431. The maximum atomic E-state index is 12.1. The minimum atomic E-state index is 0.219. The molecule has 1 fully saturated rings. The van der Waals surface area contributed by atoms with Gasteiger partial charge in [0.05, 0.1) is 6.10 Å². The van der Waals surface area contributed by atoms with Gasteiger partial charge >= 0.3 is 0 Å². The Kier molecular flexibility index (Phi) is 6.20. The Hall–Kier alpha value is -0.710. The number of hydrogen-bond acceptors (Lipinski definition) is 3. The minimum Gasteiger partial charge on any atom is -0.377 e. The molecule has 110 valence electrons. The predicted molar refractivity (Wildman–Crippen MR) is 84.2 cm³/mol. The average Bonchev–Trinajstić information content (AvgIpc) is 2.46. The molecular formula is C16H22BrNO2. The van der Waals surface area contributed by atoms with Gasteiger partial charge in [-0.05, 0) is 38.4 Å². The van der Waals surface area contributed by atoms with Crippen LogP contribution in [-0.2, 0) is 4.74 Å². The first-order valence-electron chi connectivity index (χ1n) is 7.31. The molecule has 1 heterocycles. The molecule has 1 atom stereocenters. The van der Waals surface area contributed by atoms with Gasteiger partial charge in [0.25, 0.3) is 0 Å². The van der Waals surface area contributed by atoms with Crippen LogP contribution in [0.15, 0.2) is 28.7 Å². The van der Waals surface area contributed by atoms with E-state index in [2.05, 4.69) is 20.8 Å². The van der Waals surface area contributed by atoms with Crippen LogP contribution in [0.1, 0.15) is 36.5 Å². The van der Waals surface area contributed by atoms with Crippen molar-refractivity contribution in [3.63, 3.8) is 0 Å². The first-order chi connectivity index (χ1) is 9.69. The van der Waals surface area contributed by atoms with Crippen LogP contribution in [0.25, 0.3) is 0 Å². The molecule has 1 aliphatic rings. The molecule has 0 amide bonds. The molecule has 0 aliphatic carbocycles. The quantitative estimate of drug-likeness (QED) is 0.742. The Labute approximate surface area is 129 Å². The van der Waals surface area contributed by atoms with Gasteiger partial charge in [-0.3, -0.25) is 4.79 Å². The lowest BCUT2D eigenvalue weighted by molar-refractivity contribution is 0.00589. The molecule has 0 spiro atoms. The number of nitrogens with zero attached hydrogens (tertiary/aromatic N) is 1. The number of rotatable bonds is 6. The number of ether oxygens (including phenoxy) is 1. The lowest BCUT2D eigenvalue weighted by Crippen LogP contribution is -2.40. The third-order valence-corrected chi connectivity index (χ3v) is 4.21. The zero-order chi connectivity index (χ0) is 14.4. The molecule has 1 aromatic rings. The van der Waals surface area contributed by atoms with E-state index in [1.807, 2.05) is 31.2 Å². The highest BCUT2D eigenvalue weighted by Gasteiger charge is 2.20. The summed E-state index contributed by atoms with van der Waals surface area (Å²) in [6.07, 6.45) is 3.24. The van der Waals surface area contributed by atoms with Crippen molar-refractivity contribution in [2.24, 2.45) is 0 Å². The molecule has 0 aromatic heterocycles. The summed E-state index contributed by atoms with van der Waals surface area (Å²) in [5.41, 5.74) is 0.798. The van der Waals surface area contributed by atoms with E-state index >= 15 is 0 Å². The van der Waals surface area contributed by atoms with Gasteiger partial charge in [0.1, 0.15) is 0 Å². The molecule has 0 N–H and O–H groups in total. The number of likely N-dealkylation sites (tertiary alicyclic amines) is 1. The fourth-order valence-corrected chi connectivity index (χ4v) is 2.89. The van der Waals surface area contributed by atoms with Gasteiger partial charge in [0.2, 0.25) is 0 Å². The number of halogens is 1. The van der Waals surface area contributed by atoms with Crippen LogP contribution >= 0.6 is 15.9 Å². The Morgan fingerprint density at radius 1 is 1.40 bits per heavy atom. The molecule has 0 radical (unpaired) electrons. The number of Topliss-reactive ketones (excluding diaryl/α,β-unsaturated/α-hetero) is 1. The Morgan fingerprint density at radius 2 is 2.15 bits per heavy atom. The van der Waals surface area contributed by atoms with Crippen LogP contribution < -0.4 is 0 Å². The zero-order valence-electron chi connectivity index (χ0n) is 12.0. The molecule has 0 bridgehead atoms. The predicted octanol–water partition coefficient (Wildman–Crippen LogP) is 3.52. The second-order valence-corrected chi connectivity index (χ2v) is 6.12. The number of ketones is 1. The Balaban J connectivity index is 1.79. The van der Waals surface area contributed by atoms with Crippen LogP contribution in [0.5, 0.6) is 0 Å². The summed E-state index contributed by atoms with van der Waals surface area (Å²) in [5, 5.41) is 0. The molecule has 1 saturated heterocycles. The first-order valence-corrected chi connectivity index (χ1v) is 8.11. The summed E-state index contributed by atoms with van der Waals surface area (Å²) in [5.74, 6) is 0.219. The van der Waals surface area contributed by atoms with Gasteiger partial charge < -0.3 is 9.64 Å². The van der Waals surface area contributed by atoms with E-state index in [1.54, 1.807) is 0 Å². The maximum absolute atomic E-state index is 12.1. The minimum absolute atomic E-state index is 0.219. The second kappa shape index (κ2) is 7.91. The van der Waals surface area contributed by atoms with Crippen molar-refractivity contribution in [1.29, 1.82) is 0 Å². The standard InChI is InChI=1S/C16H22BrNO2/c1-2-20-15-4-3-10-18(12-15)11-9-16(19)13-5-7-14(17)8-6-13/h5-8,15H,2-4,9-12H2,1H3. The number of benzene rings is 1. The summed E-state index contributed by atoms with van der Waals surface area (Å²) in [4.78, 5) is 14.5. The van der Waals surface area contributed by atoms with Gasteiger partial charge in [0, 0.05) is 36.2 Å². The van der Waals surface area contributed by atoms with Crippen LogP contribution in [0.4, 0.5) is 0 Å². The Morgan fingerprint density at radius 3 is 2.85 bits per heavy atom. The lowest BCUT2D eigenvalue weighted by atomic mass is 10.1. The third-order valence-electron chi connectivity index (χ3n) is 3.69. The second-order valence-electron chi connectivity index (χ2n) is 5.20. The highest BCUT2D eigenvalue weighted by atomic mass is 79.9. The van der Waals surface area contributed by atoms with Crippen LogP contribution in [0, 0.1) is 0 Å². The summed E-state index contributed by atoms with van der Waals surface area (Å²) >= 11 is 3.38. The molecule has 4 heteroatoms. The SMILES string of the molecule is CCOC1CCCN(CCC(=O)c2ccc(Br)cc2)C1.